The second kappa shape index (κ2) is 12.8. The highest BCUT2D eigenvalue weighted by Gasteiger charge is 2.46. The van der Waals surface area contributed by atoms with Gasteiger partial charge in [0.2, 0.25) is 0 Å². The fourth-order valence-corrected chi connectivity index (χ4v) is 8.02. The van der Waals surface area contributed by atoms with Crippen molar-refractivity contribution in [2.24, 2.45) is 0 Å². The topological polar surface area (TPSA) is 3.24 Å². The molecular formula is C50H37N. The van der Waals surface area contributed by atoms with Crippen molar-refractivity contribution in [3.63, 3.8) is 0 Å². The molecule has 0 bridgehead atoms. The summed E-state index contributed by atoms with van der Waals surface area (Å²) in [6, 6.07) is 75.4. The molecule has 9 rings (SSSR count). The Kier molecular flexibility index (Phi) is 7.67. The second-order valence-corrected chi connectivity index (χ2v) is 13.4. The molecule has 1 aliphatic rings. The van der Waals surface area contributed by atoms with Gasteiger partial charge in [-0.3, -0.25) is 0 Å². The summed E-state index contributed by atoms with van der Waals surface area (Å²) in [6.45, 7) is 2.14. The number of nitrogens with zero attached hydrogens (tertiary/aromatic N) is 1. The van der Waals surface area contributed by atoms with Gasteiger partial charge in [-0.25, -0.2) is 0 Å². The van der Waals surface area contributed by atoms with Gasteiger partial charge in [0, 0.05) is 17.1 Å². The number of rotatable bonds is 7. The van der Waals surface area contributed by atoms with E-state index in [1.54, 1.807) is 0 Å². The van der Waals surface area contributed by atoms with Crippen LogP contribution in [-0.4, -0.2) is 0 Å². The lowest BCUT2D eigenvalue weighted by molar-refractivity contribution is 0.768. The average Bonchev–Trinajstić information content (AvgIpc) is 3.50. The molecule has 0 N–H and O–H groups in total. The van der Waals surface area contributed by atoms with Gasteiger partial charge in [0.05, 0.1) is 5.41 Å². The standard InChI is InChI=1S/C50H37N/c1-36-24-26-39(27-25-36)40-16-13-21-44(34-40)51(43-30-28-38(29-31-43)37-14-5-2-6-15-37)45-32-33-47-46-22-11-12-23-48(46)50(49(47)35-45,41-17-7-3-8-18-41)42-19-9-4-10-20-42/h2-35H,1H3. The van der Waals surface area contributed by atoms with Crippen molar-refractivity contribution < 1.29 is 0 Å². The van der Waals surface area contributed by atoms with Crippen LogP contribution >= 0.6 is 0 Å². The molecule has 0 fully saturated rings. The van der Waals surface area contributed by atoms with E-state index in [0.29, 0.717) is 0 Å². The smallest absolute Gasteiger partial charge is 0.0714 e. The van der Waals surface area contributed by atoms with Crippen LogP contribution in [-0.2, 0) is 5.41 Å². The average molecular weight is 652 g/mol. The molecule has 0 atom stereocenters. The number of benzene rings is 8. The molecule has 1 aliphatic carbocycles. The van der Waals surface area contributed by atoms with Crippen LogP contribution in [0.15, 0.2) is 206 Å². The fraction of sp³-hybridized carbons (Fsp3) is 0.0400. The molecule has 0 aliphatic heterocycles. The SMILES string of the molecule is Cc1ccc(-c2cccc(N(c3ccc(-c4ccccc4)cc3)c3ccc4c(c3)C(c3ccccc3)(c3ccccc3)c3ccccc3-4)c2)cc1. The molecule has 1 heteroatoms. The minimum atomic E-state index is -0.475. The molecule has 0 saturated carbocycles. The van der Waals surface area contributed by atoms with Gasteiger partial charge in [0.1, 0.15) is 0 Å². The number of hydrogen-bond acceptors (Lipinski definition) is 1. The minimum Gasteiger partial charge on any atom is -0.310 e. The first-order valence-corrected chi connectivity index (χ1v) is 17.7. The molecule has 1 nitrogen and oxygen atoms in total. The summed E-state index contributed by atoms with van der Waals surface area (Å²) in [6.07, 6.45) is 0. The third kappa shape index (κ3) is 5.26. The largest absolute Gasteiger partial charge is 0.310 e. The Balaban J connectivity index is 1.27. The van der Waals surface area contributed by atoms with Gasteiger partial charge in [-0.1, -0.05) is 175 Å². The molecule has 0 unspecified atom stereocenters. The van der Waals surface area contributed by atoms with Gasteiger partial charge in [0.15, 0.2) is 0 Å². The molecule has 0 heterocycles. The Morgan fingerprint density at radius 2 is 0.824 bits per heavy atom. The first-order valence-electron chi connectivity index (χ1n) is 17.7. The van der Waals surface area contributed by atoms with Crippen molar-refractivity contribution >= 4 is 17.1 Å². The van der Waals surface area contributed by atoms with Crippen LogP contribution in [0.3, 0.4) is 0 Å². The van der Waals surface area contributed by atoms with Crippen molar-refractivity contribution in [1.29, 1.82) is 0 Å². The van der Waals surface area contributed by atoms with E-state index >= 15 is 0 Å². The third-order valence-electron chi connectivity index (χ3n) is 10.4. The van der Waals surface area contributed by atoms with Gasteiger partial charge in [-0.15, -0.1) is 0 Å². The van der Waals surface area contributed by atoms with E-state index < -0.39 is 5.41 Å². The van der Waals surface area contributed by atoms with Crippen molar-refractivity contribution in [1.82, 2.24) is 0 Å². The van der Waals surface area contributed by atoms with Gasteiger partial charge in [-0.05, 0) is 99.0 Å². The quantitative estimate of drug-likeness (QED) is 0.166. The first kappa shape index (κ1) is 30.6. The summed E-state index contributed by atoms with van der Waals surface area (Å²) in [4.78, 5) is 2.41. The molecule has 8 aromatic rings. The van der Waals surface area contributed by atoms with Crippen LogP contribution in [0.4, 0.5) is 17.1 Å². The molecule has 0 aromatic heterocycles. The molecule has 0 amide bonds. The number of aryl methyl sites for hydroxylation is 1. The predicted molar refractivity (Wildman–Crippen MR) is 214 cm³/mol. The molecule has 0 radical (unpaired) electrons. The minimum absolute atomic E-state index is 0.475. The lowest BCUT2D eigenvalue weighted by atomic mass is 9.67. The van der Waals surface area contributed by atoms with Crippen molar-refractivity contribution in [2.45, 2.75) is 12.3 Å². The highest BCUT2D eigenvalue weighted by atomic mass is 15.1. The normalized spacial score (nSPS) is 12.6. The Labute approximate surface area is 300 Å². The predicted octanol–water partition coefficient (Wildman–Crippen LogP) is 13.2. The van der Waals surface area contributed by atoms with Crippen LogP contribution in [0.1, 0.15) is 27.8 Å². The van der Waals surface area contributed by atoms with Crippen LogP contribution < -0.4 is 4.90 Å². The van der Waals surface area contributed by atoms with Crippen LogP contribution in [0.2, 0.25) is 0 Å². The van der Waals surface area contributed by atoms with Crippen LogP contribution in [0.5, 0.6) is 0 Å². The third-order valence-corrected chi connectivity index (χ3v) is 10.4. The molecule has 51 heavy (non-hydrogen) atoms. The molecule has 0 saturated heterocycles. The number of hydrogen-bond donors (Lipinski definition) is 0. The monoisotopic (exact) mass is 651 g/mol. The zero-order valence-electron chi connectivity index (χ0n) is 28.6. The fourth-order valence-electron chi connectivity index (χ4n) is 8.02. The van der Waals surface area contributed by atoms with Crippen molar-refractivity contribution in [3.05, 3.63) is 234 Å². The van der Waals surface area contributed by atoms with E-state index in [2.05, 4.69) is 218 Å². The maximum absolute atomic E-state index is 2.44. The summed E-state index contributed by atoms with van der Waals surface area (Å²) in [5, 5.41) is 0. The van der Waals surface area contributed by atoms with Crippen molar-refractivity contribution in [2.75, 3.05) is 4.90 Å². The maximum Gasteiger partial charge on any atom is 0.0714 e. The first-order chi connectivity index (χ1) is 25.2. The van der Waals surface area contributed by atoms with Crippen LogP contribution in [0.25, 0.3) is 33.4 Å². The lowest BCUT2D eigenvalue weighted by Crippen LogP contribution is -2.28. The van der Waals surface area contributed by atoms with Gasteiger partial charge in [-0.2, -0.15) is 0 Å². The van der Waals surface area contributed by atoms with Gasteiger partial charge >= 0.3 is 0 Å². The lowest BCUT2D eigenvalue weighted by Gasteiger charge is -2.35. The van der Waals surface area contributed by atoms with Gasteiger partial charge in [0.25, 0.3) is 0 Å². The molecular weight excluding hydrogens is 615 g/mol. The number of anilines is 3. The van der Waals surface area contributed by atoms with E-state index in [1.807, 2.05) is 0 Å². The van der Waals surface area contributed by atoms with Crippen molar-refractivity contribution in [3.8, 4) is 33.4 Å². The summed E-state index contributed by atoms with van der Waals surface area (Å²) < 4.78 is 0. The summed E-state index contributed by atoms with van der Waals surface area (Å²) in [5.41, 5.74) is 16.6. The highest BCUT2D eigenvalue weighted by Crippen LogP contribution is 2.57. The zero-order valence-corrected chi connectivity index (χ0v) is 28.6. The zero-order chi connectivity index (χ0) is 34.2. The molecule has 242 valence electrons. The summed E-state index contributed by atoms with van der Waals surface area (Å²) in [7, 11) is 0. The Bertz CT molecular complexity index is 2410. The van der Waals surface area contributed by atoms with E-state index in [-0.39, 0.29) is 0 Å². The van der Waals surface area contributed by atoms with E-state index in [9.17, 15) is 0 Å². The molecule has 0 spiro atoms. The Morgan fingerprint density at radius 3 is 1.51 bits per heavy atom. The highest BCUT2D eigenvalue weighted by molar-refractivity contribution is 5.90. The van der Waals surface area contributed by atoms with Gasteiger partial charge < -0.3 is 4.90 Å². The Morgan fingerprint density at radius 1 is 0.333 bits per heavy atom. The summed E-state index contributed by atoms with van der Waals surface area (Å²) in [5.74, 6) is 0. The van der Waals surface area contributed by atoms with Crippen LogP contribution in [0, 0.1) is 6.92 Å². The Hall–Kier alpha value is -6.44. The van der Waals surface area contributed by atoms with E-state index in [0.717, 1.165) is 17.1 Å². The molecule has 8 aromatic carbocycles. The summed E-state index contributed by atoms with van der Waals surface area (Å²) >= 11 is 0. The maximum atomic E-state index is 2.44. The second-order valence-electron chi connectivity index (χ2n) is 13.4. The van der Waals surface area contributed by atoms with E-state index in [4.69, 9.17) is 0 Å². The van der Waals surface area contributed by atoms with E-state index in [1.165, 1.54) is 61.2 Å². The number of fused-ring (bicyclic) bond motifs is 3.